The molecule has 0 unspecified atom stereocenters. The monoisotopic (exact) mass is 330 g/mol. The van der Waals surface area contributed by atoms with Crippen LogP contribution in [0.5, 0.6) is 11.5 Å². The summed E-state index contributed by atoms with van der Waals surface area (Å²) in [5.41, 5.74) is 2.11. The zero-order chi connectivity index (χ0) is 17.4. The van der Waals surface area contributed by atoms with Gasteiger partial charge in [-0.25, -0.2) is 4.98 Å². The van der Waals surface area contributed by atoms with Crippen LogP contribution in [0.3, 0.4) is 0 Å². The third-order valence-corrected chi connectivity index (χ3v) is 3.56. The van der Waals surface area contributed by atoms with Crippen molar-refractivity contribution in [3.8, 4) is 11.5 Å². The summed E-state index contributed by atoms with van der Waals surface area (Å²) in [6.07, 6.45) is 1.90. The molecule has 1 heterocycles. The first-order chi connectivity index (χ1) is 11.7. The normalized spacial score (nSPS) is 10.3. The Hall–Kier alpha value is -2.50. The highest BCUT2D eigenvalue weighted by Crippen LogP contribution is 2.27. The Morgan fingerprint density at radius 1 is 0.958 bits per heavy atom. The Labute approximate surface area is 143 Å². The predicted molar refractivity (Wildman–Crippen MR) is 97.3 cm³/mol. The molecule has 2 aromatic rings. The molecule has 0 bridgehead atoms. The van der Waals surface area contributed by atoms with Gasteiger partial charge in [-0.15, -0.1) is 0 Å². The van der Waals surface area contributed by atoms with Gasteiger partial charge in [-0.3, -0.25) is 0 Å². The van der Waals surface area contributed by atoms with E-state index in [1.807, 2.05) is 31.2 Å². The second-order valence-electron chi connectivity index (χ2n) is 5.51. The molecule has 0 aliphatic carbocycles. The van der Waals surface area contributed by atoms with Gasteiger partial charge in [0.25, 0.3) is 0 Å². The van der Waals surface area contributed by atoms with Crippen molar-refractivity contribution >= 4 is 11.8 Å². The molecule has 0 atom stereocenters. The maximum absolute atomic E-state index is 5.33. The number of nitrogens with zero attached hydrogens (tertiary/aromatic N) is 2. The largest absolute Gasteiger partial charge is 0.493 e. The number of aryl methyl sites for hydroxylation is 1. The highest BCUT2D eigenvalue weighted by molar-refractivity contribution is 5.44. The summed E-state index contributed by atoms with van der Waals surface area (Å²) in [5, 5.41) is 6.57. The molecule has 0 radical (unpaired) electrons. The van der Waals surface area contributed by atoms with Crippen LogP contribution in [-0.4, -0.2) is 37.3 Å². The lowest BCUT2D eigenvalue weighted by atomic mass is 10.1. The third kappa shape index (κ3) is 5.01. The Morgan fingerprint density at radius 3 is 2.46 bits per heavy atom. The van der Waals surface area contributed by atoms with Gasteiger partial charge >= 0.3 is 0 Å². The fourth-order valence-corrected chi connectivity index (χ4v) is 2.35. The van der Waals surface area contributed by atoms with Crippen molar-refractivity contribution in [2.45, 2.75) is 26.7 Å². The Morgan fingerprint density at radius 2 is 1.75 bits per heavy atom. The number of methoxy groups -OCH3 is 2. The molecule has 24 heavy (non-hydrogen) atoms. The van der Waals surface area contributed by atoms with Crippen LogP contribution in [0.25, 0.3) is 0 Å². The summed E-state index contributed by atoms with van der Waals surface area (Å²) >= 11 is 0. The average molecular weight is 330 g/mol. The van der Waals surface area contributed by atoms with E-state index >= 15 is 0 Å². The lowest BCUT2D eigenvalue weighted by Crippen LogP contribution is -2.11. The molecule has 1 aromatic heterocycles. The maximum Gasteiger partial charge on any atom is 0.224 e. The third-order valence-electron chi connectivity index (χ3n) is 3.56. The standard InChI is InChI=1S/C18H26N4O2/c1-5-9-19-17-11-13(2)21-18(22-17)20-10-8-14-6-7-15(23-3)16(12-14)24-4/h6-7,11-12H,5,8-10H2,1-4H3,(H2,19,20,21,22). The van der Waals surface area contributed by atoms with Crippen LogP contribution in [0.4, 0.5) is 11.8 Å². The van der Waals surface area contributed by atoms with Crippen LogP contribution in [0.1, 0.15) is 24.6 Å². The fraction of sp³-hybridized carbons (Fsp3) is 0.444. The predicted octanol–water partition coefficient (Wildman–Crippen LogP) is 3.28. The van der Waals surface area contributed by atoms with Gasteiger partial charge in [0.2, 0.25) is 5.95 Å². The van der Waals surface area contributed by atoms with E-state index in [4.69, 9.17) is 9.47 Å². The van der Waals surface area contributed by atoms with E-state index < -0.39 is 0 Å². The molecule has 0 fully saturated rings. The summed E-state index contributed by atoms with van der Waals surface area (Å²) in [4.78, 5) is 8.91. The highest BCUT2D eigenvalue weighted by atomic mass is 16.5. The molecule has 1 aromatic carbocycles. The lowest BCUT2D eigenvalue weighted by Gasteiger charge is -2.11. The molecule has 130 valence electrons. The number of aromatic nitrogens is 2. The molecular weight excluding hydrogens is 304 g/mol. The van der Waals surface area contributed by atoms with Gasteiger partial charge in [-0.2, -0.15) is 4.98 Å². The van der Waals surface area contributed by atoms with E-state index in [0.717, 1.165) is 54.5 Å². The number of benzene rings is 1. The fourth-order valence-electron chi connectivity index (χ4n) is 2.35. The number of rotatable bonds is 9. The van der Waals surface area contributed by atoms with E-state index in [1.54, 1.807) is 14.2 Å². The first-order valence-electron chi connectivity index (χ1n) is 8.20. The van der Waals surface area contributed by atoms with Crippen LogP contribution in [-0.2, 0) is 6.42 Å². The summed E-state index contributed by atoms with van der Waals surface area (Å²) in [6, 6.07) is 7.90. The molecule has 6 heteroatoms. The summed E-state index contributed by atoms with van der Waals surface area (Å²) in [5.74, 6) is 2.99. The van der Waals surface area contributed by atoms with E-state index in [-0.39, 0.29) is 0 Å². The van der Waals surface area contributed by atoms with Crippen molar-refractivity contribution in [2.75, 3.05) is 37.9 Å². The van der Waals surface area contributed by atoms with Crippen molar-refractivity contribution in [2.24, 2.45) is 0 Å². The summed E-state index contributed by atoms with van der Waals surface area (Å²) < 4.78 is 10.6. The van der Waals surface area contributed by atoms with Crippen molar-refractivity contribution in [3.05, 3.63) is 35.5 Å². The number of ether oxygens (including phenoxy) is 2. The zero-order valence-corrected chi connectivity index (χ0v) is 14.8. The zero-order valence-electron chi connectivity index (χ0n) is 14.8. The van der Waals surface area contributed by atoms with Crippen molar-refractivity contribution < 1.29 is 9.47 Å². The van der Waals surface area contributed by atoms with Crippen LogP contribution in [0, 0.1) is 6.92 Å². The van der Waals surface area contributed by atoms with Gasteiger partial charge < -0.3 is 20.1 Å². The SMILES string of the molecule is CCCNc1cc(C)nc(NCCc2ccc(OC)c(OC)c2)n1. The minimum atomic E-state index is 0.647. The minimum absolute atomic E-state index is 0.647. The molecule has 6 nitrogen and oxygen atoms in total. The van der Waals surface area contributed by atoms with Crippen molar-refractivity contribution in [3.63, 3.8) is 0 Å². The van der Waals surface area contributed by atoms with Crippen LogP contribution in [0.15, 0.2) is 24.3 Å². The molecule has 0 aliphatic rings. The summed E-state index contributed by atoms with van der Waals surface area (Å²) in [7, 11) is 3.28. The van der Waals surface area contributed by atoms with Crippen LogP contribution in [0.2, 0.25) is 0 Å². The van der Waals surface area contributed by atoms with Gasteiger partial charge in [0.1, 0.15) is 5.82 Å². The second kappa shape index (κ2) is 8.96. The van der Waals surface area contributed by atoms with Gasteiger partial charge in [0, 0.05) is 24.8 Å². The van der Waals surface area contributed by atoms with Gasteiger partial charge in [-0.1, -0.05) is 13.0 Å². The first kappa shape index (κ1) is 17.8. The highest BCUT2D eigenvalue weighted by Gasteiger charge is 2.05. The minimum Gasteiger partial charge on any atom is -0.493 e. The second-order valence-corrected chi connectivity index (χ2v) is 5.51. The number of nitrogens with one attached hydrogen (secondary N) is 2. The van der Waals surface area contributed by atoms with Crippen LogP contribution < -0.4 is 20.1 Å². The summed E-state index contributed by atoms with van der Waals surface area (Å²) in [6.45, 7) is 5.75. The quantitative estimate of drug-likeness (QED) is 0.735. The van der Waals surface area contributed by atoms with Crippen molar-refractivity contribution in [1.82, 2.24) is 9.97 Å². The molecule has 0 saturated heterocycles. The van der Waals surface area contributed by atoms with Gasteiger partial charge in [-0.05, 0) is 37.5 Å². The topological polar surface area (TPSA) is 68.3 Å². The molecule has 0 amide bonds. The lowest BCUT2D eigenvalue weighted by molar-refractivity contribution is 0.354. The van der Waals surface area contributed by atoms with Crippen molar-refractivity contribution in [1.29, 1.82) is 0 Å². The number of hydrogen-bond donors (Lipinski definition) is 2. The van der Waals surface area contributed by atoms with E-state index in [9.17, 15) is 0 Å². The molecule has 0 aliphatic heterocycles. The van der Waals surface area contributed by atoms with Crippen LogP contribution >= 0.6 is 0 Å². The smallest absolute Gasteiger partial charge is 0.224 e. The molecule has 2 rings (SSSR count). The number of hydrogen-bond acceptors (Lipinski definition) is 6. The molecule has 0 saturated carbocycles. The maximum atomic E-state index is 5.33. The average Bonchev–Trinajstić information content (AvgIpc) is 2.59. The van der Waals surface area contributed by atoms with E-state index in [1.165, 1.54) is 0 Å². The van der Waals surface area contributed by atoms with Gasteiger partial charge in [0.15, 0.2) is 11.5 Å². The van der Waals surface area contributed by atoms with E-state index in [2.05, 4.69) is 27.5 Å². The Bertz CT molecular complexity index is 661. The Kier molecular flexibility index (Phi) is 6.66. The number of anilines is 2. The molecule has 0 spiro atoms. The molecular formula is C18H26N4O2. The Balaban J connectivity index is 1.95. The van der Waals surface area contributed by atoms with Gasteiger partial charge in [0.05, 0.1) is 14.2 Å². The molecule has 2 N–H and O–H groups in total. The van der Waals surface area contributed by atoms with E-state index in [0.29, 0.717) is 5.95 Å². The first-order valence-corrected chi connectivity index (χ1v) is 8.20.